The standard InChI is InChI=1S/C25H28ClN3O2/c26-22-7-4-8-23(19-22)27-15-17-29(18-16-27)25(31)21-11-13-28(14-12-21)24(30)10-9-20-5-2-1-3-6-20/h1-10,19,21H,11-18H2/b10-9+. The molecule has 2 aromatic rings. The smallest absolute Gasteiger partial charge is 0.246 e. The molecule has 0 radical (unpaired) electrons. The molecule has 0 aliphatic carbocycles. The van der Waals surface area contributed by atoms with E-state index < -0.39 is 0 Å². The van der Waals surface area contributed by atoms with Crippen LogP contribution in [0.2, 0.25) is 5.02 Å². The molecule has 2 aromatic carbocycles. The average Bonchev–Trinajstić information content (AvgIpc) is 2.83. The lowest BCUT2D eigenvalue weighted by molar-refractivity contribution is -0.139. The molecule has 0 bridgehead atoms. The van der Waals surface area contributed by atoms with Crippen molar-refractivity contribution in [2.75, 3.05) is 44.2 Å². The van der Waals surface area contributed by atoms with Crippen molar-refractivity contribution >= 4 is 35.2 Å². The van der Waals surface area contributed by atoms with Gasteiger partial charge in [-0.3, -0.25) is 9.59 Å². The van der Waals surface area contributed by atoms with Crippen molar-refractivity contribution in [1.29, 1.82) is 0 Å². The van der Waals surface area contributed by atoms with Crippen molar-refractivity contribution in [2.45, 2.75) is 12.8 Å². The molecule has 4 rings (SSSR count). The molecule has 0 atom stereocenters. The van der Waals surface area contributed by atoms with Crippen molar-refractivity contribution in [2.24, 2.45) is 5.92 Å². The summed E-state index contributed by atoms with van der Waals surface area (Å²) in [7, 11) is 0. The zero-order valence-electron chi connectivity index (χ0n) is 17.6. The minimum atomic E-state index is 0.0138. The first-order chi connectivity index (χ1) is 15.1. The second kappa shape index (κ2) is 10.0. The number of carbonyl (C=O) groups excluding carboxylic acids is 2. The van der Waals surface area contributed by atoms with E-state index in [0.717, 1.165) is 55.3 Å². The Hall–Kier alpha value is -2.79. The predicted octanol–water partition coefficient (Wildman–Crippen LogP) is 3.94. The third-order valence-electron chi connectivity index (χ3n) is 6.14. The molecule has 2 saturated heterocycles. The molecule has 2 amide bonds. The number of benzene rings is 2. The summed E-state index contributed by atoms with van der Waals surface area (Å²) >= 11 is 6.11. The molecular weight excluding hydrogens is 410 g/mol. The Kier molecular flexibility index (Phi) is 6.92. The highest BCUT2D eigenvalue weighted by molar-refractivity contribution is 6.30. The Morgan fingerprint density at radius 3 is 2.23 bits per heavy atom. The summed E-state index contributed by atoms with van der Waals surface area (Å²) in [4.78, 5) is 31.6. The topological polar surface area (TPSA) is 43.9 Å². The second-order valence-corrected chi connectivity index (χ2v) is 8.57. The van der Waals surface area contributed by atoms with E-state index in [9.17, 15) is 9.59 Å². The van der Waals surface area contributed by atoms with E-state index >= 15 is 0 Å². The molecule has 2 aliphatic rings. The Balaban J connectivity index is 1.24. The molecule has 0 spiro atoms. The van der Waals surface area contributed by atoms with Crippen LogP contribution in [0.1, 0.15) is 18.4 Å². The summed E-state index contributed by atoms with van der Waals surface area (Å²) in [5.41, 5.74) is 2.12. The number of rotatable bonds is 4. The first-order valence-corrected chi connectivity index (χ1v) is 11.3. The van der Waals surface area contributed by atoms with E-state index in [1.807, 2.05) is 64.4 Å². The highest BCUT2D eigenvalue weighted by atomic mass is 35.5. The summed E-state index contributed by atoms with van der Waals surface area (Å²) in [6.45, 7) is 4.35. The third kappa shape index (κ3) is 5.47. The maximum Gasteiger partial charge on any atom is 0.246 e. The van der Waals surface area contributed by atoms with Crippen molar-refractivity contribution in [3.8, 4) is 0 Å². The fraction of sp³-hybridized carbons (Fsp3) is 0.360. The Labute approximate surface area is 188 Å². The number of hydrogen-bond acceptors (Lipinski definition) is 3. The highest BCUT2D eigenvalue weighted by Crippen LogP contribution is 2.24. The SMILES string of the molecule is O=C(/C=C/c1ccccc1)N1CCC(C(=O)N2CCN(c3cccc(Cl)c3)CC2)CC1. The normalized spacial score (nSPS) is 17.9. The fourth-order valence-corrected chi connectivity index (χ4v) is 4.48. The summed E-state index contributed by atoms with van der Waals surface area (Å²) in [5, 5.41) is 0.732. The quantitative estimate of drug-likeness (QED) is 0.680. The van der Waals surface area contributed by atoms with Crippen LogP contribution in [-0.2, 0) is 9.59 Å². The van der Waals surface area contributed by atoms with Gasteiger partial charge in [0, 0.05) is 62.0 Å². The number of amides is 2. The van der Waals surface area contributed by atoms with Gasteiger partial charge in [0.05, 0.1) is 0 Å². The number of nitrogens with zero attached hydrogens (tertiary/aromatic N) is 3. The Morgan fingerprint density at radius 2 is 1.55 bits per heavy atom. The molecule has 2 heterocycles. The lowest BCUT2D eigenvalue weighted by Crippen LogP contribution is -2.52. The van der Waals surface area contributed by atoms with Crippen LogP contribution in [0.3, 0.4) is 0 Å². The average molecular weight is 438 g/mol. The molecule has 0 N–H and O–H groups in total. The summed E-state index contributed by atoms with van der Waals surface area (Å²) in [6, 6.07) is 17.7. The van der Waals surface area contributed by atoms with E-state index in [2.05, 4.69) is 11.0 Å². The third-order valence-corrected chi connectivity index (χ3v) is 6.37. The Morgan fingerprint density at radius 1 is 0.839 bits per heavy atom. The van der Waals surface area contributed by atoms with Gasteiger partial charge in [0.15, 0.2) is 0 Å². The van der Waals surface area contributed by atoms with Gasteiger partial charge in [-0.1, -0.05) is 48.0 Å². The van der Waals surface area contributed by atoms with E-state index in [-0.39, 0.29) is 17.7 Å². The van der Waals surface area contributed by atoms with E-state index in [1.54, 1.807) is 6.08 Å². The van der Waals surface area contributed by atoms with E-state index in [1.165, 1.54) is 0 Å². The van der Waals surface area contributed by atoms with Crippen LogP contribution >= 0.6 is 11.6 Å². The number of likely N-dealkylation sites (tertiary alicyclic amines) is 1. The zero-order chi connectivity index (χ0) is 21.6. The van der Waals surface area contributed by atoms with Crippen molar-refractivity contribution in [1.82, 2.24) is 9.80 Å². The summed E-state index contributed by atoms with van der Waals surface area (Å²) in [6.07, 6.45) is 4.95. The predicted molar refractivity (Wildman–Crippen MR) is 125 cm³/mol. The lowest BCUT2D eigenvalue weighted by atomic mass is 9.95. The van der Waals surface area contributed by atoms with Crippen LogP contribution in [0.25, 0.3) is 6.08 Å². The van der Waals surface area contributed by atoms with Gasteiger partial charge in [0.2, 0.25) is 11.8 Å². The van der Waals surface area contributed by atoms with Crippen LogP contribution in [0.5, 0.6) is 0 Å². The minimum Gasteiger partial charge on any atom is -0.368 e. The minimum absolute atomic E-state index is 0.0138. The maximum absolute atomic E-state index is 13.0. The van der Waals surface area contributed by atoms with Gasteiger partial charge in [0.1, 0.15) is 0 Å². The van der Waals surface area contributed by atoms with Crippen molar-refractivity contribution in [3.05, 3.63) is 71.3 Å². The van der Waals surface area contributed by atoms with Crippen LogP contribution in [0.15, 0.2) is 60.7 Å². The molecular formula is C25H28ClN3O2. The van der Waals surface area contributed by atoms with Gasteiger partial charge in [-0.15, -0.1) is 0 Å². The molecule has 0 saturated carbocycles. The number of anilines is 1. The number of piperazine rings is 1. The molecule has 2 fully saturated rings. The summed E-state index contributed by atoms with van der Waals surface area (Å²) < 4.78 is 0. The van der Waals surface area contributed by atoms with Gasteiger partial charge < -0.3 is 14.7 Å². The van der Waals surface area contributed by atoms with Crippen LogP contribution < -0.4 is 4.90 Å². The van der Waals surface area contributed by atoms with Crippen molar-refractivity contribution in [3.63, 3.8) is 0 Å². The largest absolute Gasteiger partial charge is 0.368 e. The lowest BCUT2D eigenvalue weighted by Gasteiger charge is -2.39. The monoisotopic (exact) mass is 437 g/mol. The first kappa shape index (κ1) is 21.4. The van der Waals surface area contributed by atoms with Gasteiger partial charge in [-0.25, -0.2) is 0 Å². The Bertz CT molecular complexity index is 931. The van der Waals surface area contributed by atoms with Crippen LogP contribution in [0.4, 0.5) is 5.69 Å². The molecule has 162 valence electrons. The van der Waals surface area contributed by atoms with Gasteiger partial charge in [-0.05, 0) is 42.7 Å². The molecule has 2 aliphatic heterocycles. The maximum atomic E-state index is 13.0. The second-order valence-electron chi connectivity index (χ2n) is 8.14. The van der Waals surface area contributed by atoms with Gasteiger partial charge in [0.25, 0.3) is 0 Å². The van der Waals surface area contributed by atoms with E-state index in [0.29, 0.717) is 13.1 Å². The molecule has 31 heavy (non-hydrogen) atoms. The van der Waals surface area contributed by atoms with Gasteiger partial charge >= 0.3 is 0 Å². The molecule has 0 unspecified atom stereocenters. The van der Waals surface area contributed by atoms with Crippen LogP contribution in [0, 0.1) is 5.92 Å². The zero-order valence-corrected chi connectivity index (χ0v) is 18.4. The molecule has 0 aromatic heterocycles. The highest BCUT2D eigenvalue weighted by Gasteiger charge is 2.31. The summed E-state index contributed by atoms with van der Waals surface area (Å²) in [5.74, 6) is 0.266. The van der Waals surface area contributed by atoms with Crippen LogP contribution in [-0.4, -0.2) is 60.9 Å². The molecule has 6 heteroatoms. The number of piperidine rings is 1. The number of carbonyl (C=O) groups is 2. The van der Waals surface area contributed by atoms with E-state index in [4.69, 9.17) is 11.6 Å². The first-order valence-electron chi connectivity index (χ1n) is 10.9. The molecule has 5 nitrogen and oxygen atoms in total. The fourth-order valence-electron chi connectivity index (χ4n) is 4.30. The van der Waals surface area contributed by atoms with Crippen molar-refractivity contribution < 1.29 is 9.59 Å². The number of hydrogen-bond donors (Lipinski definition) is 0. The number of halogens is 1. The van der Waals surface area contributed by atoms with Gasteiger partial charge in [-0.2, -0.15) is 0 Å².